The smallest absolute Gasteiger partial charge is 0.303 e. The van der Waals surface area contributed by atoms with E-state index in [1.165, 1.54) is 19.2 Å². The van der Waals surface area contributed by atoms with Gasteiger partial charge in [-0.1, -0.05) is 18.2 Å². The van der Waals surface area contributed by atoms with Gasteiger partial charge in [-0.3, -0.25) is 9.59 Å². The number of aliphatic carboxylic acids is 1. The van der Waals surface area contributed by atoms with E-state index in [-0.39, 0.29) is 35.5 Å². The summed E-state index contributed by atoms with van der Waals surface area (Å²) in [6.45, 7) is 3.58. The SMILES string of the molecule is COc1ccc(C(=O)N2CCC[C@]3(CO[C@H]4c5ccccc5O[C@](C)(CCC(=O)O)[C@@H]4C3)C2)cc1F. The van der Waals surface area contributed by atoms with Crippen LogP contribution in [0.15, 0.2) is 42.5 Å². The molecule has 0 saturated carbocycles. The summed E-state index contributed by atoms with van der Waals surface area (Å²) in [6, 6.07) is 12.1. The molecule has 2 saturated heterocycles. The average Bonchev–Trinajstić information content (AvgIpc) is 2.87. The number of carbonyl (C=O) groups is 2. The van der Waals surface area contributed by atoms with Gasteiger partial charge in [-0.05, 0) is 56.9 Å². The van der Waals surface area contributed by atoms with Crippen molar-refractivity contribution < 1.29 is 33.3 Å². The molecule has 0 radical (unpaired) electrons. The number of methoxy groups -OCH3 is 1. The van der Waals surface area contributed by atoms with Crippen LogP contribution < -0.4 is 9.47 Å². The van der Waals surface area contributed by atoms with E-state index in [9.17, 15) is 19.1 Å². The topological polar surface area (TPSA) is 85.3 Å². The fourth-order valence-corrected chi connectivity index (χ4v) is 6.23. The van der Waals surface area contributed by atoms with Crippen molar-refractivity contribution in [2.24, 2.45) is 11.3 Å². The number of hydrogen-bond acceptors (Lipinski definition) is 5. The van der Waals surface area contributed by atoms with Gasteiger partial charge >= 0.3 is 5.97 Å². The van der Waals surface area contributed by atoms with Gasteiger partial charge in [0.2, 0.25) is 0 Å². The number of likely N-dealkylation sites (tertiary alicyclic amines) is 1. The lowest BCUT2D eigenvalue weighted by Crippen LogP contribution is -2.57. The molecule has 2 aromatic rings. The number of fused-ring (bicyclic) bond motifs is 3. The lowest BCUT2D eigenvalue weighted by molar-refractivity contribution is -0.181. The van der Waals surface area contributed by atoms with E-state index in [2.05, 4.69) is 0 Å². The Kier molecular flexibility index (Phi) is 6.41. The Balaban J connectivity index is 1.40. The molecule has 3 aliphatic heterocycles. The third kappa shape index (κ3) is 4.43. The molecule has 1 amide bonds. The first-order chi connectivity index (χ1) is 17.2. The van der Waals surface area contributed by atoms with Gasteiger partial charge in [0, 0.05) is 42.0 Å². The monoisotopic (exact) mass is 497 g/mol. The Morgan fingerprint density at radius 3 is 2.81 bits per heavy atom. The van der Waals surface area contributed by atoms with E-state index in [4.69, 9.17) is 14.2 Å². The van der Waals surface area contributed by atoms with Gasteiger partial charge in [0.1, 0.15) is 11.4 Å². The summed E-state index contributed by atoms with van der Waals surface area (Å²) in [6.07, 6.45) is 2.64. The molecule has 0 unspecified atom stereocenters. The van der Waals surface area contributed by atoms with Gasteiger partial charge < -0.3 is 24.2 Å². The maximum Gasteiger partial charge on any atom is 0.303 e. The number of ether oxygens (including phenoxy) is 3. The molecule has 3 heterocycles. The second kappa shape index (κ2) is 9.39. The van der Waals surface area contributed by atoms with E-state index in [0.717, 1.165) is 30.6 Å². The number of para-hydroxylation sites is 1. The molecule has 192 valence electrons. The molecular formula is C28H32FNO6. The molecule has 4 atom stereocenters. The molecule has 0 aliphatic carbocycles. The third-order valence-electron chi connectivity index (χ3n) is 8.12. The molecule has 1 N–H and O–H groups in total. The van der Waals surface area contributed by atoms with E-state index in [0.29, 0.717) is 31.7 Å². The van der Waals surface area contributed by atoms with Crippen molar-refractivity contribution in [3.8, 4) is 11.5 Å². The van der Waals surface area contributed by atoms with Crippen molar-refractivity contribution >= 4 is 11.9 Å². The second-order valence-electron chi connectivity index (χ2n) is 10.6. The molecule has 0 aromatic heterocycles. The predicted octanol–water partition coefficient (Wildman–Crippen LogP) is 4.85. The molecule has 0 bridgehead atoms. The van der Waals surface area contributed by atoms with Crippen LogP contribution in [-0.4, -0.2) is 54.3 Å². The maximum atomic E-state index is 14.3. The van der Waals surface area contributed by atoms with Crippen LogP contribution in [0.5, 0.6) is 11.5 Å². The van der Waals surface area contributed by atoms with Crippen LogP contribution in [-0.2, 0) is 9.53 Å². The number of benzene rings is 2. The summed E-state index contributed by atoms with van der Waals surface area (Å²) in [5.41, 5.74) is 0.292. The number of hydrogen-bond donors (Lipinski definition) is 1. The number of carboxylic acid groups (broad SMARTS) is 1. The Labute approximate surface area is 210 Å². The molecular weight excluding hydrogens is 465 g/mol. The number of carboxylic acids is 1. The van der Waals surface area contributed by atoms with Crippen molar-refractivity contribution in [3.05, 3.63) is 59.4 Å². The molecule has 3 aliphatic rings. The van der Waals surface area contributed by atoms with E-state index in [1.807, 2.05) is 31.2 Å². The van der Waals surface area contributed by atoms with Crippen molar-refractivity contribution in [1.29, 1.82) is 0 Å². The standard InChI is InChI=1S/C28H32FNO6/c1-27(12-10-24(31)32)20-15-28(17-35-25(20)19-6-3-4-7-22(19)36-27)11-5-13-30(16-28)26(33)18-8-9-23(34-2)21(29)14-18/h3-4,6-9,14,20,25H,5,10-13,15-17H2,1-2H3,(H,31,32)/t20-,25+,27-,28-/m1/s1. The van der Waals surface area contributed by atoms with Gasteiger partial charge in [0.25, 0.3) is 5.91 Å². The normalized spacial score (nSPS) is 29.1. The van der Waals surface area contributed by atoms with E-state index >= 15 is 0 Å². The first-order valence-electron chi connectivity index (χ1n) is 12.5. The summed E-state index contributed by atoms with van der Waals surface area (Å²) < 4.78 is 32.3. The van der Waals surface area contributed by atoms with Gasteiger partial charge in [-0.15, -0.1) is 0 Å². The lowest BCUT2D eigenvalue weighted by Gasteiger charge is -2.55. The van der Waals surface area contributed by atoms with Crippen molar-refractivity contribution in [2.75, 3.05) is 26.8 Å². The Hall–Kier alpha value is -3.13. The summed E-state index contributed by atoms with van der Waals surface area (Å²) in [5.74, 6) is -0.851. The molecule has 2 aromatic carbocycles. The fraction of sp³-hybridized carbons (Fsp3) is 0.500. The number of nitrogens with zero attached hydrogens (tertiary/aromatic N) is 1. The predicted molar refractivity (Wildman–Crippen MR) is 130 cm³/mol. The van der Waals surface area contributed by atoms with Crippen molar-refractivity contribution in [2.45, 2.75) is 50.7 Å². The minimum atomic E-state index is -0.858. The first kappa shape index (κ1) is 24.6. The number of carbonyl (C=O) groups excluding carboxylic acids is 1. The zero-order valence-corrected chi connectivity index (χ0v) is 20.7. The largest absolute Gasteiger partial charge is 0.494 e. The highest BCUT2D eigenvalue weighted by Crippen LogP contribution is 2.56. The van der Waals surface area contributed by atoms with Crippen LogP contribution in [0.25, 0.3) is 0 Å². The molecule has 1 spiro atoms. The van der Waals surface area contributed by atoms with Gasteiger partial charge in [0.05, 0.1) is 19.8 Å². The molecule has 8 heteroatoms. The summed E-state index contributed by atoms with van der Waals surface area (Å²) in [5, 5.41) is 9.38. The average molecular weight is 498 g/mol. The number of amides is 1. The lowest BCUT2D eigenvalue weighted by atomic mass is 9.64. The summed E-state index contributed by atoms with van der Waals surface area (Å²) in [7, 11) is 1.39. The molecule has 5 rings (SSSR count). The van der Waals surface area contributed by atoms with Crippen LogP contribution in [0.2, 0.25) is 0 Å². The zero-order valence-electron chi connectivity index (χ0n) is 20.7. The number of piperidine rings is 1. The van der Waals surface area contributed by atoms with Crippen LogP contribution >= 0.6 is 0 Å². The van der Waals surface area contributed by atoms with E-state index in [1.54, 1.807) is 11.0 Å². The minimum Gasteiger partial charge on any atom is -0.494 e. The maximum absolute atomic E-state index is 14.3. The summed E-state index contributed by atoms with van der Waals surface area (Å²) in [4.78, 5) is 26.5. The third-order valence-corrected chi connectivity index (χ3v) is 8.12. The van der Waals surface area contributed by atoms with E-state index < -0.39 is 17.4 Å². The Bertz CT molecular complexity index is 1170. The molecule has 7 nitrogen and oxygen atoms in total. The van der Waals surface area contributed by atoms with Crippen LogP contribution in [0.1, 0.15) is 61.1 Å². The highest BCUT2D eigenvalue weighted by Gasteiger charge is 2.55. The molecule has 2 fully saturated rings. The second-order valence-corrected chi connectivity index (χ2v) is 10.6. The highest BCUT2D eigenvalue weighted by molar-refractivity contribution is 5.94. The van der Waals surface area contributed by atoms with Crippen LogP contribution in [0.4, 0.5) is 4.39 Å². The van der Waals surface area contributed by atoms with Gasteiger partial charge in [0.15, 0.2) is 11.6 Å². The number of rotatable bonds is 5. The van der Waals surface area contributed by atoms with Gasteiger partial charge in [-0.25, -0.2) is 4.39 Å². The minimum absolute atomic E-state index is 0.00251. The number of halogens is 1. The summed E-state index contributed by atoms with van der Waals surface area (Å²) >= 11 is 0. The Morgan fingerprint density at radius 2 is 2.06 bits per heavy atom. The van der Waals surface area contributed by atoms with Crippen LogP contribution in [0, 0.1) is 17.2 Å². The van der Waals surface area contributed by atoms with Gasteiger partial charge in [-0.2, -0.15) is 0 Å². The van der Waals surface area contributed by atoms with Crippen molar-refractivity contribution in [3.63, 3.8) is 0 Å². The zero-order chi connectivity index (χ0) is 25.5. The quantitative estimate of drug-likeness (QED) is 0.636. The first-order valence-corrected chi connectivity index (χ1v) is 12.5. The molecule has 36 heavy (non-hydrogen) atoms. The Morgan fingerprint density at radius 1 is 1.25 bits per heavy atom. The highest BCUT2D eigenvalue weighted by atomic mass is 19.1. The van der Waals surface area contributed by atoms with Crippen LogP contribution in [0.3, 0.4) is 0 Å². The fourth-order valence-electron chi connectivity index (χ4n) is 6.23. The van der Waals surface area contributed by atoms with Crippen molar-refractivity contribution in [1.82, 2.24) is 4.90 Å².